The molecule has 1 aromatic heterocycles. The van der Waals surface area contributed by atoms with Gasteiger partial charge in [0.15, 0.2) is 0 Å². The molecule has 1 heterocycles. The minimum atomic E-state index is -1.02. The molecule has 21 heavy (non-hydrogen) atoms. The van der Waals surface area contributed by atoms with Crippen LogP contribution < -0.4 is 5.32 Å². The normalized spacial score (nSPS) is 11.9. The van der Waals surface area contributed by atoms with E-state index in [-0.39, 0.29) is 0 Å². The number of hydrogen-bond acceptors (Lipinski definition) is 3. The van der Waals surface area contributed by atoms with Gasteiger partial charge in [0, 0.05) is 18.6 Å². The Kier molecular flexibility index (Phi) is 4.37. The molecule has 0 spiro atoms. The summed E-state index contributed by atoms with van der Waals surface area (Å²) in [7, 11) is 1.47. The lowest BCUT2D eigenvalue weighted by molar-refractivity contribution is -0.141. The van der Waals surface area contributed by atoms with E-state index in [2.05, 4.69) is 10.3 Å². The van der Waals surface area contributed by atoms with Gasteiger partial charge in [-0.05, 0) is 30.7 Å². The van der Waals surface area contributed by atoms with E-state index in [0.29, 0.717) is 12.1 Å². The van der Waals surface area contributed by atoms with Crippen LogP contribution in [0.25, 0.3) is 10.9 Å². The molecule has 0 aliphatic heterocycles. The Morgan fingerprint density at radius 2 is 2.10 bits per heavy atom. The van der Waals surface area contributed by atoms with Crippen molar-refractivity contribution < 1.29 is 14.7 Å². The lowest BCUT2D eigenvalue weighted by Gasteiger charge is -2.24. The molecule has 2 amide bonds. The van der Waals surface area contributed by atoms with Crippen molar-refractivity contribution in [1.29, 1.82) is 0 Å². The van der Waals surface area contributed by atoms with E-state index in [1.165, 1.54) is 11.9 Å². The molecule has 2 rings (SSSR count). The highest BCUT2D eigenvalue weighted by molar-refractivity contribution is 6.01. The number of aromatic nitrogens is 1. The quantitative estimate of drug-likeness (QED) is 0.905. The SMILES string of the molecule is CCC(C(=O)O)N(C)C(=O)Nc1cccc2ncccc12. The molecular weight excluding hydrogens is 270 g/mol. The van der Waals surface area contributed by atoms with Crippen LogP contribution in [0.5, 0.6) is 0 Å². The van der Waals surface area contributed by atoms with Crippen molar-refractivity contribution in [2.75, 3.05) is 12.4 Å². The summed E-state index contributed by atoms with van der Waals surface area (Å²) in [6.07, 6.45) is 2.02. The lowest BCUT2D eigenvalue weighted by atomic mass is 10.2. The molecule has 6 heteroatoms. The highest BCUT2D eigenvalue weighted by Crippen LogP contribution is 2.21. The number of carboxylic acid groups (broad SMARTS) is 1. The number of carboxylic acids is 1. The molecule has 2 aromatic rings. The number of benzene rings is 1. The van der Waals surface area contributed by atoms with Crippen LogP contribution in [0.2, 0.25) is 0 Å². The van der Waals surface area contributed by atoms with E-state index in [4.69, 9.17) is 5.11 Å². The summed E-state index contributed by atoms with van der Waals surface area (Å²) in [6, 6.07) is 7.73. The second-order valence-electron chi connectivity index (χ2n) is 4.68. The number of carbonyl (C=O) groups excluding carboxylic acids is 1. The second kappa shape index (κ2) is 6.21. The number of aliphatic carboxylic acids is 1. The zero-order valence-electron chi connectivity index (χ0n) is 11.9. The summed E-state index contributed by atoms with van der Waals surface area (Å²) >= 11 is 0. The van der Waals surface area contributed by atoms with Gasteiger partial charge in [-0.3, -0.25) is 4.98 Å². The molecule has 0 aliphatic rings. The van der Waals surface area contributed by atoms with Gasteiger partial charge in [0.25, 0.3) is 0 Å². The number of anilines is 1. The summed E-state index contributed by atoms with van der Waals surface area (Å²) in [5, 5.41) is 12.6. The van der Waals surface area contributed by atoms with Crippen LogP contribution in [-0.2, 0) is 4.79 Å². The average molecular weight is 287 g/mol. The maximum absolute atomic E-state index is 12.2. The predicted octanol–water partition coefficient (Wildman–Crippen LogP) is 2.56. The molecule has 110 valence electrons. The Balaban J connectivity index is 2.24. The molecule has 0 saturated heterocycles. The van der Waals surface area contributed by atoms with Crippen molar-refractivity contribution in [2.24, 2.45) is 0 Å². The summed E-state index contributed by atoms with van der Waals surface area (Å²) in [4.78, 5) is 28.7. The lowest BCUT2D eigenvalue weighted by Crippen LogP contribution is -2.44. The third-order valence-electron chi connectivity index (χ3n) is 3.35. The van der Waals surface area contributed by atoms with Gasteiger partial charge in [-0.25, -0.2) is 9.59 Å². The van der Waals surface area contributed by atoms with Crippen LogP contribution in [0.4, 0.5) is 10.5 Å². The smallest absolute Gasteiger partial charge is 0.326 e. The number of nitrogens with zero attached hydrogens (tertiary/aromatic N) is 2. The summed E-state index contributed by atoms with van der Waals surface area (Å²) in [6.45, 7) is 1.73. The largest absolute Gasteiger partial charge is 0.480 e. The number of amides is 2. The summed E-state index contributed by atoms with van der Waals surface area (Å²) in [5.41, 5.74) is 1.38. The minimum Gasteiger partial charge on any atom is -0.480 e. The molecule has 0 fully saturated rings. The van der Waals surface area contributed by atoms with E-state index >= 15 is 0 Å². The van der Waals surface area contributed by atoms with Crippen molar-refractivity contribution >= 4 is 28.6 Å². The van der Waals surface area contributed by atoms with Crippen LogP contribution in [0, 0.1) is 0 Å². The predicted molar refractivity (Wildman–Crippen MR) is 80.2 cm³/mol. The van der Waals surface area contributed by atoms with Gasteiger partial charge in [-0.15, -0.1) is 0 Å². The van der Waals surface area contributed by atoms with E-state index < -0.39 is 18.0 Å². The van der Waals surface area contributed by atoms with E-state index in [9.17, 15) is 9.59 Å². The first-order chi connectivity index (χ1) is 10.0. The van der Waals surface area contributed by atoms with Crippen LogP contribution in [-0.4, -0.2) is 40.1 Å². The first kappa shape index (κ1) is 14.8. The number of hydrogen-bond donors (Lipinski definition) is 2. The molecule has 0 radical (unpaired) electrons. The highest BCUT2D eigenvalue weighted by Gasteiger charge is 2.24. The van der Waals surface area contributed by atoms with Crippen molar-refractivity contribution in [3.63, 3.8) is 0 Å². The Labute approximate surface area is 122 Å². The fourth-order valence-electron chi connectivity index (χ4n) is 2.17. The number of fused-ring (bicyclic) bond motifs is 1. The highest BCUT2D eigenvalue weighted by atomic mass is 16.4. The van der Waals surface area contributed by atoms with Gasteiger partial charge in [-0.1, -0.05) is 13.0 Å². The standard InChI is InChI=1S/C15H17N3O3/c1-3-13(14(19)20)18(2)15(21)17-12-8-4-7-11-10(12)6-5-9-16-11/h4-9,13H,3H2,1-2H3,(H,17,21)(H,19,20). The Hall–Kier alpha value is -2.63. The first-order valence-corrected chi connectivity index (χ1v) is 6.65. The molecular formula is C15H17N3O3. The van der Waals surface area contributed by atoms with E-state index in [1.54, 1.807) is 31.3 Å². The fourth-order valence-corrected chi connectivity index (χ4v) is 2.17. The molecule has 0 aliphatic carbocycles. The molecule has 1 unspecified atom stereocenters. The van der Waals surface area contributed by atoms with Crippen LogP contribution in [0.15, 0.2) is 36.5 Å². The number of nitrogens with one attached hydrogen (secondary N) is 1. The van der Waals surface area contributed by atoms with Gasteiger partial charge >= 0.3 is 12.0 Å². The third kappa shape index (κ3) is 3.10. The van der Waals surface area contributed by atoms with Crippen LogP contribution in [0.3, 0.4) is 0 Å². The number of rotatable bonds is 4. The molecule has 2 N–H and O–H groups in total. The van der Waals surface area contributed by atoms with Crippen molar-refractivity contribution in [1.82, 2.24) is 9.88 Å². The maximum Gasteiger partial charge on any atom is 0.326 e. The molecule has 0 bridgehead atoms. The minimum absolute atomic E-state index is 0.344. The molecule has 0 saturated carbocycles. The number of likely N-dealkylation sites (N-methyl/N-ethyl adjacent to an activating group) is 1. The van der Waals surface area contributed by atoms with Crippen molar-refractivity contribution in [3.05, 3.63) is 36.5 Å². The maximum atomic E-state index is 12.2. The van der Waals surface area contributed by atoms with Gasteiger partial charge in [0.2, 0.25) is 0 Å². The van der Waals surface area contributed by atoms with Crippen LogP contribution in [0.1, 0.15) is 13.3 Å². The van der Waals surface area contributed by atoms with Gasteiger partial charge in [-0.2, -0.15) is 0 Å². The average Bonchev–Trinajstić information content (AvgIpc) is 2.47. The zero-order chi connectivity index (χ0) is 15.4. The summed E-state index contributed by atoms with van der Waals surface area (Å²) < 4.78 is 0. The molecule has 1 atom stereocenters. The second-order valence-corrected chi connectivity index (χ2v) is 4.68. The van der Waals surface area contributed by atoms with E-state index in [1.807, 2.05) is 12.1 Å². The molecule has 1 aromatic carbocycles. The first-order valence-electron chi connectivity index (χ1n) is 6.65. The Morgan fingerprint density at radius 3 is 2.76 bits per heavy atom. The topological polar surface area (TPSA) is 82.5 Å². The van der Waals surface area contributed by atoms with Gasteiger partial charge in [0.05, 0.1) is 11.2 Å². The number of pyridine rings is 1. The monoisotopic (exact) mass is 287 g/mol. The van der Waals surface area contributed by atoms with Crippen LogP contribution >= 0.6 is 0 Å². The Bertz CT molecular complexity index is 667. The van der Waals surface area contributed by atoms with Gasteiger partial charge in [0.1, 0.15) is 6.04 Å². The number of urea groups is 1. The molecule has 6 nitrogen and oxygen atoms in total. The fraction of sp³-hybridized carbons (Fsp3) is 0.267. The summed E-state index contributed by atoms with van der Waals surface area (Å²) in [5.74, 6) is -1.02. The van der Waals surface area contributed by atoms with Crippen molar-refractivity contribution in [2.45, 2.75) is 19.4 Å². The van der Waals surface area contributed by atoms with E-state index in [0.717, 1.165) is 10.9 Å². The Morgan fingerprint density at radius 1 is 1.33 bits per heavy atom. The zero-order valence-corrected chi connectivity index (χ0v) is 11.9. The third-order valence-corrected chi connectivity index (χ3v) is 3.35. The van der Waals surface area contributed by atoms with Crippen molar-refractivity contribution in [3.8, 4) is 0 Å². The van der Waals surface area contributed by atoms with Gasteiger partial charge < -0.3 is 15.3 Å². The number of carbonyl (C=O) groups is 2.